The van der Waals surface area contributed by atoms with Gasteiger partial charge in [0, 0.05) is 31.6 Å². The highest BCUT2D eigenvalue weighted by Crippen LogP contribution is 2.33. The summed E-state index contributed by atoms with van der Waals surface area (Å²) in [6.45, 7) is 6.83. The Morgan fingerprint density at radius 1 is 1.34 bits per heavy atom. The number of ether oxygens (including phenoxy) is 1. The lowest BCUT2D eigenvalue weighted by Gasteiger charge is -2.32. The second kappa shape index (κ2) is 8.78. The third-order valence-corrected chi connectivity index (χ3v) is 5.30. The van der Waals surface area contributed by atoms with E-state index in [1.807, 2.05) is 38.1 Å². The molecule has 154 valence electrons. The first-order valence-corrected chi connectivity index (χ1v) is 10.4. The van der Waals surface area contributed by atoms with E-state index in [9.17, 15) is 4.79 Å². The van der Waals surface area contributed by atoms with Crippen molar-refractivity contribution >= 4 is 33.8 Å². The Bertz CT molecular complexity index is 985. The first kappa shape index (κ1) is 19.6. The van der Waals surface area contributed by atoms with Crippen LogP contribution in [0.1, 0.15) is 33.1 Å². The summed E-state index contributed by atoms with van der Waals surface area (Å²) in [6.07, 6.45) is 4.46. The summed E-state index contributed by atoms with van der Waals surface area (Å²) in [4.78, 5) is 23.7. The fraction of sp³-hybridized carbons (Fsp3) is 0.500. The number of nitrogens with zero attached hydrogens (tertiary/aromatic N) is 3. The third-order valence-electron chi connectivity index (χ3n) is 5.30. The van der Waals surface area contributed by atoms with Gasteiger partial charge in [-0.3, -0.25) is 4.79 Å². The zero-order valence-electron chi connectivity index (χ0n) is 17.1. The van der Waals surface area contributed by atoms with Gasteiger partial charge in [0.05, 0.1) is 12.0 Å². The van der Waals surface area contributed by atoms with Crippen molar-refractivity contribution in [3.63, 3.8) is 0 Å². The molecular weight excluding hydrogens is 368 g/mol. The van der Waals surface area contributed by atoms with Gasteiger partial charge in [-0.25, -0.2) is 9.97 Å². The fourth-order valence-electron chi connectivity index (χ4n) is 3.87. The largest absolute Gasteiger partial charge is 0.450 e. The molecule has 29 heavy (non-hydrogen) atoms. The van der Waals surface area contributed by atoms with Crippen LogP contribution >= 0.6 is 0 Å². The molecule has 0 aliphatic carbocycles. The summed E-state index contributed by atoms with van der Waals surface area (Å²) < 4.78 is 11.6. The van der Waals surface area contributed by atoms with Gasteiger partial charge in [0.25, 0.3) is 0 Å². The second-order valence-electron chi connectivity index (χ2n) is 7.82. The Hall–Kier alpha value is -2.67. The van der Waals surface area contributed by atoms with Crippen LogP contribution in [0.5, 0.6) is 0 Å². The molecule has 0 spiro atoms. The monoisotopic (exact) mass is 396 g/mol. The number of aromatic nitrogens is 2. The SMILES string of the molecule is CC(C)OCCCNC(=O)[C@@H]1CCCN(c2ncnc3c2oc2ccccc23)C1. The van der Waals surface area contributed by atoms with Gasteiger partial charge < -0.3 is 19.4 Å². The molecule has 4 rings (SSSR count). The Morgan fingerprint density at radius 2 is 2.21 bits per heavy atom. The molecular formula is C22H28N4O3. The number of rotatable bonds is 7. The number of hydrogen-bond donors (Lipinski definition) is 1. The number of fused-ring (bicyclic) bond motifs is 3. The molecule has 1 amide bonds. The maximum Gasteiger partial charge on any atom is 0.224 e. The Morgan fingerprint density at radius 3 is 3.07 bits per heavy atom. The van der Waals surface area contributed by atoms with Gasteiger partial charge in [-0.15, -0.1) is 0 Å². The summed E-state index contributed by atoms with van der Waals surface area (Å²) in [5.41, 5.74) is 2.32. The molecule has 0 radical (unpaired) electrons. The van der Waals surface area contributed by atoms with Gasteiger partial charge in [-0.2, -0.15) is 0 Å². The average molecular weight is 396 g/mol. The van der Waals surface area contributed by atoms with Crippen molar-refractivity contribution < 1.29 is 13.9 Å². The minimum Gasteiger partial charge on any atom is -0.450 e. The Labute approximate surface area is 170 Å². The summed E-state index contributed by atoms with van der Waals surface area (Å²) in [7, 11) is 0. The molecule has 2 aromatic heterocycles. The van der Waals surface area contributed by atoms with Crippen LogP contribution in [0.15, 0.2) is 35.0 Å². The van der Waals surface area contributed by atoms with Crippen molar-refractivity contribution in [2.45, 2.75) is 39.2 Å². The highest BCUT2D eigenvalue weighted by atomic mass is 16.5. The van der Waals surface area contributed by atoms with Gasteiger partial charge >= 0.3 is 0 Å². The number of furan rings is 1. The highest BCUT2D eigenvalue weighted by molar-refractivity contribution is 6.05. The zero-order chi connectivity index (χ0) is 20.2. The highest BCUT2D eigenvalue weighted by Gasteiger charge is 2.28. The van der Waals surface area contributed by atoms with Gasteiger partial charge in [0.2, 0.25) is 5.91 Å². The maximum absolute atomic E-state index is 12.6. The number of nitrogens with one attached hydrogen (secondary N) is 1. The lowest BCUT2D eigenvalue weighted by molar-refractivity contribution is -0.125. The Kier molecular flexibility index (Phi) is 5.94. The van der Waals surface area contributed by atoms with Gasteiger partial charge in [-0.05, 0) is 45.2 Å². The number of piperidine rings is 1. The molecule has 0 bridgehead atoms. The fourth-order valence-corrected chi connectivity index (χ4v) is 3.87. The smallest absolute Gasteiger partial charge is 0.224 e. The van der Waals surface area contributed by atoms with E-state index in [0.717, 1.165) is 48.1 Å². The van der Waals surface area contributed by atoms with E-state index >= 15 is 0 Å². The van der Waals surface area contributed by atoms with E-state index in [1.54, 1.807) is 6.33 Å². The molecule has 0 unspecified atom stereocenters. The topological polar surface area (TPSA) is 80.5 Å². The molecule has 7 heteroatoms. The molecule has 1 aliphatic rings. The molecule has 0 saturated carbocycles. The van der Waals surface area contributed by atoms with Crippen LogP contribution in [-0.2, 0) is 9.53 Å². The van der Waals surface area contributed by atoms with Crippen LogP contribution in [-0.4, -0.2) is 48.2 Å². The van der Waals surface area contributed by atoms with E-state index in [2.05, 4.69) is 20.2 Å². The maximum atomic E-state index is 12.6. The number of amides is 1. The van der Waals surface area contributed by atoms with Crippen molar-refractivity contribution in [1.29, 1.82) is 0 Å². The summed E-state index contributed by atoms with van der Waals surface area (Å²) in [6, 6.07) is 7.88. The molecule has 1 saturated heterocycles. The van der Waals surface area contributed by atoms with Crippen LogP contribution < -0.4 is 10.2 Å². The summed E-state index contributed by atoms with van der Waals surface area (Å²) in [5, 5.41) is 4.04. The normalized spacial score (nSPS) is 17.3. The second-order valence-corrected chi connectivity index (χ2v) is 7.82. The van der Waals surface area contributed by atoms with Gasteiger partial charge in [0.1, 0.15) is 17.4 Å². The first-order chi connectivity index (χ1) is 14.1. The van der Waals surface area contributed by atoms with Crippen molar-refractivity contribution in [2.75, 3.05) is 31.1 Å². The first-order valence-electron chi connectivity index (χ1n) is 10.4. The van der Waals surface area contributed by atoms with Crippen LogP contribution in [0, 0.1) is 5.92 Å². The van der Waals surface area contributed by atoms with Crippen LogP contribution in [0.25, 0.3) is 22.1 Å². The molecule has 1 atom stereocenters. The predicted octanol–water partition coefficient (Wildman–Crippen LogP) is 3.52. The molecule has 1 aromatic carbocycles. The zero-order valence-corrected chi connectivity index (χ0v) is 17.1. The quantitative estimate of drug-likeness (QED) is 0.616. The molecule has 7 nitrogen and oxygen atoms in total. The molecule has 1 N–H and O–H groups in total. The van der Waals surface area contributed by atoms with Gasteiger partial charge in [-0.1, -0.05) is 12.1 Å². The van der Waals surface area contributed by atoms with E-state index < -0.39 is 0 Å². The number of carbonyl (C=O) groups is 1. The minimum atomic E-state index is -0.0517. The minimum absolute atomic E-state index is 0.0517. The molecule has 3 heterocycles. The van der Waals surface area contributed by atoms with E-state index in [-0.39, 0.29) is 17.9 Å². The number of para-hydroxylation sites is 1. The van der Waals surface area contributed by atoms with E-state index in [0.29, 0.717) is 25.3 Å². The third kappa shape index (κ3) is 4.34. The average Bonchev–Trinajstić information content (AvgIpc) is 3.12. The summed E-state index contributed by atoms with van der Waals surface area (Å²) >= 11 is 0. The number of carbonyl (C=O) groups excluding carboxylic acids is 1. The van der Waals surface area contributed by atoms with E-state index in [1.165, 1.54) is 0 Å². The van der Waals surface area contributed by atoms with Gasteiger partial charge in [0.15, 0.2) is 11.4 Å². The van der Waals surface area contributed by atoms with Crippen LogP contribution in [0.3, 0.4) is 0 Å². The van der Waals surface area contributed by atoms with Crippen molar-refractivity contribution in [2.24, 2.45) is 5.92 Å². The lowest BCUT2D eigenvalue weighted by atomic mass is 9.97. The predicted molar refractivity (Wildman–Crippen MR) is 113 cm³/mol. The van der Waals surface area contributed by atoms with Crippen LogP contribution in [0.2, 0.25) is 0 Å². The molecule has 3 aromatic rings. The van der Waals surface area contributed by atoms with Crippen molar-refractivity contribution in [1.82, 2.24) is 15.3 Å². The number of benzene rings is 1. The summed E-state index contributed by atoms with van der Waals surface area (Å²) in [5.74, 6) is 0.826. The standard InChI is InChI=1S/C22H28N4O3/c1-15(2)28-12-6-10-23-22(27)16-7-5-11-26(13-16)21-20-19(24-14-25-21)17-8-3-4-9-18(17)29-20/h3-4,8-9,14-16H,5-7,10-13H2,1-2H3,(H,23,27)/t16-/m1/s1. The lowest BCUT2D eigenvalue weighted by Crippen LogP contribution is -2.43. The molecule has 1 fully saturated rings. The number of anilines is 1. The van der Waals surface area contributed by atoms with E-state index in [4.69, 9.17) is 9.15 Å². The molecule has 1 aliphatic heterocycles. The Balaban J connectivity index is 1.44. The number of hydrogen-bond acceptors (Lipinski definition) is 6. The van der Waals surface area contributed by atoms with Crippen molar-refractivity contribution in [3.05, 3.63) is 30.6 Å². The van der Waals surface area contributed by atoms with Crippen LogP contribution in [0.4, 0.5) is 5.82 Å². The van der Waals surface area contributed by atoms with Crippen molar-refractivity contribution in [3.8, 4) is 0 Å².